The molecule has 0 unspecified atom stereocenters. The van der Waals surface area contributed by atoms with Crippen LogP contribution in [-0.2, 0) is 10.0 Å². The molecular weight excluding hydrogens is 272 g/mol. The molecule has 0 radical (unpaired) electrons. The van der Waals surface area contributed by atoms with Gasteiger partial charge in [0.05, 0.1) is 4.90 Å². The van der Waals surface area contributed by atoms with Crippen LogP contribution in [0.3, 0.4) is 0 Å². The maximum Gasteiger partial charge on any atom is 0.274 e. The number of unbranched alkanes of at least 4 members (excludes halogenated alkanes) is 1. The van der Waals surface area contributed by atoms with Crippen molar-refractivity contribution < 1.29 is 17.2 Å². The zero-order valence-electron chi connectivity index (χ0n) is 10.9. The third-order valence-electron chi connectivity index (χ3n) is 2.87. The van der Waals surface area contributed by atoms with E-state index in [-0.39, 0.29) is 22.5 Å². The van der Waals surface area contributed by atoms with E-state index in [1.807, 2.05) is 6.92 Å². The Balaban J connectivity index is 3.35. The Kier molecular flexibility index (Phi) is 5.20. The van der Waals surface area contributed by atoms with Crippen LogP contribution in [0.5, 0.6) is 0 Å². The molecule has 1 aromatic rings. The molecule has 0 aromatic heterocycles. The molecule has 1 aromatic carbocycles. The molecule has 0 fully saturated rings. The quantitative estimate of drug-likeness (QED) is 0.902. The van der Waals surface area contributed by atoms with Crippen molar-refractivity contribution in [1.82, 2.24) is 0 Å². The SMILES string of the molecule is CCCCC(=C(F)F)c1cc(S(N)(=O)=O)ccc1C. The van der Waals surface area contributed by atoms with E-state index in [9.17, 15) is 17.2 Å². The topological polar surface area (TPSA) is 60.2 Å². The molecule has 0 saturated carbocycles. The lowest BCUT2D eigenvalue weighted by molar-refractivity contribution is 0.422. The lowest BCUT2D eigenvalue weighted by Gasteiger charge is -2.11. The fourth-order valence-corrected chi connectivity index (χ4v) is 2.33. The van der Waals surface area contributed by atoms with E-state index in [4.69, 9.17) is 5.14 Å². The summed E-state index contributed by atoms with van der Waals surface area (Å²) in [6, 6.07) is 4.03. The summed E-state index contributed by atoms with van der Waals surface area (Å²) >= 11 is 0. The highest BCUT2D eigenvalue weighted by atomic mass is 32.2. The summed E-state index contributed by atoms with van der Waals surface area (Å²) in [5.74, 6) is 0. The number of rotatable bonds is 5. The summed E-state index contributed by atoms with van der Waals surface area (Å²) in [6.07, 6.45) is -0.160. The summed E-state index contributed by atoms with van der Waals surface area (Å²) in [6.45, 7) is 3.57. The van der Waals surface area contributed by atoms with Gasteiger partial charge in [0, 0.05) is 5.57 Å². The number of benzene rings is 1. The molecule has 0 saturated heterocycles. The van der Waals surface area contributed by atoms with Gasteiger partial charge in [-0.3, -0.25) is 0 Å². The van der Waals surface area contributed by atoms with Crippen LogP contribution >= 0.6 is 0 Å². The normalized spacial score (nSPS) is 11.4. The van der Waals surface area contributed by atoms with Crippen LogP contribution in [0.25, 0.3) is 5.57 Å². The van der Waals surface area contributed by atoms with Crippen molar-refractivity contribution >= 4 is 15.6 Å². The van der Waals surface area contributed by atoms with Crippen molar-refractivity contribution in [2.45, 2.75) is 38.0 Å². The molecule has 106 valence electrons. The third-order valence-corrected chi connectivity index (χ3v) is 3.78. The zero-order chi connectivity index (χ0) is 14.6. The summed E-state index contributed by atoms with van der Waals surface area (Å²) in [5.41, 5.74) is 0.746. The number of aryl methyl sites for hydroxylation is 1. The Hall–Kier alpha value is -1.27. The predicted molar refractivity (Wildman–Crippen MR) is 71.2 cm³/mol. The molecular formula is C13H17F2NO2S. The van der Waals surface area contributed by atoms with Gasteiger partial charge >= 0.3 is 0 Å². The summed E-state index contributed by atoms with van der Waals surface area (Å²) in [7, 11) is -3.89. The molecule has 19 heavy (non-hydrogen) atoms. The largest absolute Gasteiger partial charge is 0.274 e. The standard InChI is InChI=1S/C13H17F2NO2S/c1-3-4-5-11(13(14)15)12-8-10(19(16,17)18)7-6-9(12)2/h6-8H,3-5H2,1-2H3,(H2,16,17,18). The highest BCUT2D eigenvalue weighted by molar-refractivity contribution is 7.89. The number of allylic oxidation sites excluding steroid dienone is 1. The van der Waals surface area contributed by atoms with Crippen LogP contribution in [-0.4, -0.2) is 8.42 Å². The van der Waals surface area contributed by atoms with Crippen LogP contribution in [0.1, 0.15) is 37.3 Å². The first-order valence-corrected chi connectivity index (χ1v) is 7.50. The molecule has 0 aliphatic rings. The Morgan fingerprint density at radius 2 is 1.95 bits per heavy atom. The second kappa shape index (κ2) is 6.25. The van der Waals surface area contributed by atoms with E-state index in [0.717, 1.165) is 6.42 Å². The Bertz CT molecular complexity index is 591. The minimum atomic E-state index is -3.89. The summed E-state index contributed by atoms with van der Waals surface area (Å²) < 4.78 is 48.6. The lowest BCUT2D eigenvalue weighted by atomic mass is 9.97. The molecule has 0 amide bonds. The maximum atomic E-state index is 13.0. The predicted octanol–water partition coefficient (Wildman–Crippen LogP) is 3.44. The summed E-state index contributed by atoms with van der Waals surface area (Å²) in [5, 5.41) is 5.02. The molecule has 0 atom stereocenters. The molecule has 0 bridgehead atoms. The Labute approximate surface area is 112 Å². The zero-order valence-corrected chi connectivity index (χ0v) is 11.7. The minimum Gasteiger partial charge on any atom is -0.225 e. The average Bonchev–Trinajstić information content (AvgIpc) is 2.29. The van der Waals surface area contributed by atoms with Gasteiger partial charge < -0.3 is 0 Å². The first-order valence-electron chi connectivity index (χ1n) is 5.95. The van der Waals surface area contributed by atoms with E-state index in [1.54, 1.807) is 6.92 Å². The smallest absolute Gasteiger partial charge is 0.225 e. The molecule has 0 aliphatic heterocycles. The highest BCUT2D eigenvalue weighted by Crippen LogP contribution is 2.30. The van der Waals surface area contributed by atoms with Crippen LogP contribution in [0.4, 0.5) is 8.78 Å². The summed E-state index contributed by atoms with van der Waals surface area (Å²) in [4.78, 5) is -0.150. The fraction of sp³-hybridized carbons (Fsp3) is 0.385. The second-order valence-corrected chi connectivity index (χ2v) is 5.93. The lowest BCUT2D eigenvalue weighted by Crippen LogP contribution is -2.12. The van der Waals surface area contributed by atoms with Gasteiger partial charge in [-0.2, -0.15) is 8.78 Å². The van der Waals surface area contributed by atoms with Gasteiger partial charge in [0.25, 0.3) is 6.08 Å². The van der Waals surface area contributed by atoms with Crippen LogP contribution in [0.2, 0.25) is 0 Å². The van der Waals surface area contributed by atoms with Crippen molar-refractivity contribution in [3.8, 4) is 0 Å². The van der Waals surface area contributed by atoms with E-state index < -0.39 is 16.1 Å². The van der Waals surface area contributed by atoms with Crippen molar-refractivity contribution in [3.05, 3.63) is 35.4 Å². The van der Waals surface area contributed by atoms with E-state index >= 15 is 0 Å². The van der Waals surface area contributed by atoms with Gasteiger partial charge in [-0.1, -0.05) is 19.4 Å². The number of nitrogens with two attached hydrogens (primary N) is 1. The number of primary sulfonamides is 1. The Morgan fingerprint density at radius 1 is 1.32 bits per heavy atom. The number of sulfonamides is 1. The van der Waals surface area contributed by atoms with Crippen molar-refractivity contribution in [1.29, 1.82) is 0 Å². The maximum absolute atomic E-state index is 13.0. The van der Waals surface area contributed by atoms with Crippen molar-refractivity contribution in [3.63, 3.8) is 0 Å². The number of halogens is 2. The van der Waals surface area contributed by atoms with Gasteiger partial charge in [-0.05, 0) is 43.0 Å². The number of hydrogen-bond acceptors (Lipinski definition) is 2. The van der Waals surface area contributed by atoms with E-state index in [1.165, 1.54) is 18.2 Å². The van der Waals surface area contributed by atoms with Crippen LogP contribution in [0.15, 0.2) is 29.2 Å². The first-order chi connectivity index (χ1) is 8.77. The minimum absolute atomic E-state index is 0.107. The van der Waals surface area contributed by atoms with E-state index in [2.05, 4.69) is 0 Å². The van der Waals surface area contributed by atoms with Crippen LogP contribution in [0, 0.1) is 6.92 Å². The molecule has 0 aliphatic carbocycles. The van der Waals surface area contributed by atoms with Gasteiger partial charge in [0.1, 0.15) is 0 Å². The molecule has 1 rings (SSSR count). The van der Waals surface area contributed by atoms with Crippen molar-refractivity contribution in [2.24, 2.45) is 5.14 Å². The molecule has 0 heterocycles. The highest BCUT2D eigenvalue weighted by Gasteiger charge is 2.15. The van der Waals surface area contributed by atoms with Gasteiger partial charge in [0.15, 0.2) is 0 Å². The molecule has 3 nitrogen and oxygen atoms in total. The Morgan fingerprint density at radius 3 is 2.42 bits per heavy atom. The van der Waals surface area contributed by atoms with E-state index in [0.29, 0.717) is 12.0 Å². The van der Waals surface area contributed by atoms with Gasteiger partial charge in [0.2, 0.25) is 10.0 Å². The average molecular weight is 289 g/mol. The van der Waals surface area contributed by atoms with Crippen molar-refractivity contribution in [2.75, 3.05) is 0 Å². The molecule has 6 heteroatoms. The first kappa shape index (κ1) is 15.8. The molecule has 0 spiro atoms. The van der Waals surface area contributed by atoms with Crippen LogP contribution < -0.4 is 5.14 Å². The van der Waals surface area contributed by atoms with Gasteiger partial charge in [-0.25, -0.2) is 13.6 Å². The number of hydrogen-bond donors (Lipinski definition) is 1. The molecule has 2 N–H and O–H groups in total. The monoisotopic (exact) mass is 289 g/mol. The third kappa shape index (κ3) is 4.11. The second-order valence-electron chi connectivity index (χ2n) is 4.36. The van der Waals surface area contributed by atoms with Gasteiger partial charge in [-0.15, -0.1) is 0 Å². The fourth-order valence-electron chi connectivity index (χ4n) is 1.79.